The first-order chi connectivity index (χ1) is 11.9. The summed E-state index contributed by atoms with van der Waals surface area (Å²) in [6, 6.07) is 10.4. The lowest BCUT2D eigenvalue weighted by Crippen LogP contribution is -2.24. The summed E-state index contributed by atoms with van der Waals surface area (Å²) >= 11 is 0. The number of methoxy groups -OCH3 is 1. The van der Waals surface area contributed by atoms with Gasteiger partial charge in [-0.3, -0.25) is 0 Å². The van der Waals surface area contributed by atoms with Gasteiger partial charge in [-0.25, -0.2) is 17.9 Å². The molecule has 1 heterocycles. The average Bonchev–Trinajstić information content (AvgIpc) is 3.06. The SMILES string of the molecule is COC(=O)c1ccc(S(=O)(=O)NCc2ccc3c(c2)CNC3)c(C)c1.Cl. The van der Waals surface area contributed by atoms with Crippen LogP contribution in [0.25, 0.3) is 0 Å². The molecule has 0 radical (unpaired) electrons. The number of aryl methyl sites for hydroxylation is 1. The second-order valence-corrected chi connectivity index (χ2v) is 7.74. The first-order valence-electron chi connectivity index (χ1n) is 7.91. The fourth-order valence-electron chi connectivity index (χ4n) is 2.91. The highest BCUT2D eigenvalue weighted by Gasteiger charge is 2.19. The third-order valence-electron chi connectivity index (χ3n) is 4.25. The highest BCUT2D eigenvalue weighted by atomic mass is 35.5. The molecule has 1 aliphatic rings. The van der Waals surface area contributed by atoms with Gasteiger partial charge in [0, 0.05) is 19.6 Å². The summed E-state index contributed by atoms with van der Waals surface area (Å²) in [6.07, 6.45) is 0. The van der Waals surface area contributed by atoms with Gasteiger partial charge < -0.3 is 10.1 Å². The first-order valence-corrected chi connectivity index (χ1v) is 9.39. The van der Waals surface area contributed by atoms with Crippen LogP contribution in [0.15, 0.2) is 41.3 Å². The molecule has 3 rings (SSSR count). The zero-order valence-corrected chi connectivity index (χ0v) is 16.2. The minimum Gasteiger partial charge on any atom is -0.465 e. The number of hydrogen-bond acceptors (Lipinski definition) is 5. The molecule has 26 heavy (non-hydrogen) atoms. The number of halogens is 1. The van der Waals surface area contributed by atoms with E-state index in [1.54, 1.807) is 6.92 Å². The maximum Gasteiger partial charge on any atom is 0.337 e. The predicted molar refractivity (Wildman–Crippen MR) is 101 cm³/mol. The van der Waals surface area contributed by atoms with Crippen LogP contribution in [0.4, 0.5) is 0 Å². The molecule has 0 atom stereocenters. The van der Waals surface area contributed by atoms with E-state index >= 15 is 0 Å². The Kier molecular flexibility index (Phi) is 6.41. The van der Waals surface area contributed by atoms with E-state index in [0.717, 1.165) is 18.7 Å². The van der Waals surface area contributed by atoms with Gasteiger partial charge in [-0.2, -0.15) is 0 Å². The molecule has 140 valence electrons. The number of sulfonamides is 1. The van der Waals surface area contributed by atoms with E-state index in [2.05, 4.69) is 14.8 Å². The van der Waals surface area contributed by atoms with Gasteiger partial charge in [0.15, 0.2) is 0 Å². The number of hydrogen-bond donors (Lipinski definition) is 2. The maximum absolute atomic E-state index is 12.6. The molecule has 8 heteroatoms. The maximum atomic E-state index is 12.6. The van der Waals surface area contributed by atoms with Crippen molar-refractivity contribution >= 4 is 28.4 Å². The van der Waals surface area contributed by atoms with Crippen molar-refractivity contribution in [2.75, 3.05) is 7.11 Å². The molecule has 0 saturated carbocycles. The number of esters is 1. The number of rotatable bonds is 5. The normalized spacial score (nSPS) is 13.0. The lowest BCUT2D eigenvalue weighted by molar-refractivity contribution is 0.0600. The molecular formula is C18H21ClN2O4S. The largest absolute Gasteiger partial charge is 0.465 e. The summed E-state index contributed by atoms with van der Waals surface area (Å²) in [5, 5.41) is 3.26. The van der Waals surface area contributed by atoms with Crippen molar-refractivity contribution in [2.24, 2.45) is 0 Å². The molecule has 0 aromatic heterocycles. The number of carbonyl (C=O) groups is 1. The Labute approximate surface area is 159 Å². The van der Waals surface area contributed by atoms with E-state index in [9.17, 15) is 13.2 Å². The molecule has 0 saturated heterocycles. The average molecular weight is 397 g/mol. The van der Waals surface area contributed by atoms with Crippen LogP contribution in [0, 0.1) is 6.92 Å². The fourth-order valence-corrected chi connectivity index (χ4v) is 4.15. The smallest absolute Gasteiger partial charge is 0.337 e. The van der Waals surface area contributed by atoms with Crippen molar-refractivity contribution in [2.45, 2.75) is 31.5 Å². The van der Waals surface area contributed by atoms with Crippen molar-refractivity contribution in [1.29, 1.82) is 0 Å². The van der Waals surface area contributed by atoms with Crippen LogP contribution in [0.3, 0.4) is 0 Å². The summed E-state index contributed by atoms with van der Waals surface area (Å²) < 4.78 is 32.4. The molecule has 2 aromatic carbocycles. The number of fused-ring (bicyclic) bond motifs is 1. The lowest BCUT2D eigenvalue weighted by Gasteiger charge is -2.11. The summed E-state index contributed by atoms with van der Waals surface area (Å²) in [7, 11) is -2.38. The molecule has 0 fully saturated rings. The van der Waals surface area contributed by atoms with Crippen molar-refractivity contribution in [1.82, 2.24) is 10.0 Å². The van der Waals surface area contributed by atoms with Crippen LogP contribution in [-0.2, 0) is 34.4 Å². The molecule has 0 spiro atoms. The Bertz CT molecular complexity index is 929. The molecule has 0 amide bonds. The zero-order chi connectivity index (χ0) is 18.0. The number of carbonyl (C=O) groups excluding carboxylic acids is 1. The van der Waals surface area contributed by atoms with E-state index in [1.165, 1.54) is 36.4 Å². The minimum absolute atomic E-state index is 0. The van der Waals surface area contributed by atoms with Crippen LogP contribution >= 0.6 is 12.4 Å². The second kappa shape index (κ2) is 8.18. The van der Waals surface area contributed by atoms with Gasteiger partial charge >= 0.3 is 5.97 Å². The standard InChI is InChI=1S/C18H20N2O4S.ClH/c1-12-7-14(18(21)24-2)5-6-17(12)25(22,23)20-9-13-3-4-15-10-19-11-16(15)8-13;/h3-8,19-20H,9-11H2,1-2H3;1H. The van der Waals surface area contributed by atoms with Crippen molar-refractivity contribution in [3.63, 3.8) is 0 Å². The summed E-state index contributed by atoms with van der Waals surface area (Å²) in [4.78, 5) is 11.7. The van der Waals surface area contributed by atoms with Gasteiger partial charge in [0.05, 0.1) is 17.6 Å². The van der Waals surface area contributed by atoms with Crippen LogP contribution in [-0.4, -0.2) is 21.5 Å². The van der Waals surface area contributed by atoms with E-state index < -0.39 is 16.0 Å². The topological polar surface area (TPSA) is 84.5 Å². The first kappa shape index (κ1) is 20.4. The van der Waals surface area contributed by atoms with Gasteiger partial charge in [0.1, 0.15) is 0 Å². The van der Waals surface area contributed by atoms with Gasteiger partial charge in [-0.1, -0.05) is 18.2 Å². The third kappa shape index (κ3) is 4.24. The fraction of sp³-hybridized carbons (Fsp3) is 0.278. The van der Waals surface area contributed by atoms with Crippen LogP contribution < -0.4 is 10.0 Å². The summed E-state index contributed by atoms with van der Waals surface area (Å²) in [5.74, 6) is -0.494. The summed E-state index contributed by atoms with van der Waals surface area (Å²) in [5.41, 5.74) is 4.18. The van der Waals surface area contributed by atoms with Crippen molar-refractivity contribution in [3.8, 4) is 0 Å². The number of benzene rings is 2. The van der Waals surface area contributed by atoms with Crippen LogP contribution in [0.5, 0.6) is 0 Å². The Morgan fingerprint density at radius 1 is 1.15 bits per heavy atom. The Balaban J connectivity index is 0.00000243. The predicted octanol–water partition coefficient (Wildman–Crippen LogP) is 2.29. The van der Waals surface area contributed by atoms with Crippen molar-refractivity contribution < 1.29 is 17.9 Å². The van der Waals surface area contributed by atoms with Gasteiger partial charge in [0.2, 0.25) is 10.0 Å². The molecule has 6 nitrogen and oxygen atoms in total. The molecule has 0 aliphatic carbocycles. The third-order valence-corrected chi connectivity index (χ3v) is 5.81. The van der Waals surface area contributed by atoms with Gasteiger partial charge in [-0.15, -0.1) is 12.4 Å². The molecule has 2 aromatic rings. The Hall–Kier alpha value is -1.93. The van der Waals surface area contributed by atoms with E-state index in [4.69, 9.17) is 0 Å². The molecule has 2 N–H and O–H groups in total. The van der Waals surface area contributed by atoms with E-state index in [0.29, 0.717) is 11.1 Å². The van der Waals surface area contributed by atoms with Crippen LogP contribution in [0.2, 0.25) is 0 Å². The quantitative estimate of drug-likeness (QED) is 0.757. The Morgan fingerprint density at radius 3 is 2.58 bits per heavy atom. The highest BCUT2D eigenvalue weighted by molar-refractivity contribution is 7.89. The molecule has 0 unspecified atom stereocenters. The van der Waals surface area contributed by atoms with Gasteiger partial charge in [-0.05, 0) is 47.4 Å². The minimum atomic E-state index is -3.67. The molecular weight excluding hydrogens is 376 g/mol. The monoisotopic (exact) mass is 396 g/mol. The molecule has 1 aliphatic heterocycles. The molecule has 0 bridgehead atoms. The van der Waals surface area contributed by atoms with Gasteiger partial charge in [0.25, 0.3) is 0 Å². The second-order valence-electron chi connectivity index (χ2n) is 6.00. The lowest BCUT2D eigenvalue weighted by atomic mass is 10.1. The zero-order valence-electron chi connectivity index (χ0n) is 14.5. The number of nitrogens with one attached hydrogen (secondary N) is 2. The van der Waals surface area contributed by atoms with Crippen molar-refractivity contribution in [3.05, 3.63) is 64.2 Å². The van der Waals surface area contributed by atoms with E-state index in [-0.39, 0.29) is 23.8 Å². The summed E-state index contributed by atoms with van der Waals surface area (Å²) in [6.45, 7) is 3.53. The van der Waals surface area contributed by atoms with Crippen LogP contribution in [0.1, 0.15) is 32.6 Å². The number of ether oxygens (including phenoxy) is 1. The Morgan fingerprint density at radius 2 is 1.88 bits per heavy atom. The highest BCUT2D eigenvalue weighted by Crippen LogP contribution is 2.19. The van der Waals surface area contributed by atoms with E-state index in [1.807, 2.05) is 18.2 Å².